The highest BCUT2D eigenvalue weighted by atomic mass is 16.8. The van der Waals surface area contributed by atoms with Crippen LogP contribution in [0, 0.1) is 0 Å². The molecule has 0 bridgehead atoms. The zero-order chi connectivity index (χ0) is 31.3. The second kappa shape index (κ2) is 13.5. The molecule has 0 aliphatic heterocycles. The van der Waals surface area contributed by atoms with Crippen LogP contribution in [0.25, 0.3) is 0 Å². The van der Waals surface area contributed by atoms with E-state index in [4.69, 9.17) is 61.6 Å². The lowest BCUT2D eigenvalue weighted by molar-refractivity contribution is -0.465. The minimum atomic E-state index is -2.13. The van der Waals surface area contributed by atoms with Crippen molar-refractivity contribution in [3.8, 4) is 0 Å². The van der Waals surface area contributed by atoms with Gasteiger partial charge in [0.25, 0.3) is 23.1 Å². The van der Waals surface area contributed by atoms with Crippen molar-refractivity contribution >= 4 is 11.9 Å². The normalized spacial score (nSPS) is 31.9. The first kappa shape index (κ1) is 35.9. The van der Waals surface area contributed by atoms with Gasteiger partial charge in [-0.1, -0.05) is 0 Å². The van der Waals surface area contributed by atoms with E-state index in [1.807, 2.05) is 0 Å². The molecular weight excluding hydrogens is 552 g/mol. The number of hydrogen-bond donors (Lipinski definition) is 0. The van der Waals surface area contributed by atoms with Crippen LogP contribution in [-0.4, -0.2) is 144 Å². The maximum absolute atomic E-state index is 14.2. The van der Waals surface area contributed by atoms with Gasteiger partial charge in [-0.2, -0.15) is 0 Å². The van der Waals surface area contributed by atoms with Crippen LogP contribution in [0.2, 0.25) is 0 Å². The highest BCUT2D eigenvalue weighted by Crippen LogP contribution is 2.54. The molecule has 0 aromatic carbocycles. The molecule has 0 amide bonds. The standard InChI is InChI=1S/C26H46O15/c1-29-17-13-15-21(31-3,25(37-9,38-10)23(17,33-5)34-6)19(27)41-20(28)22(32-4)16-14-18(30-2)24(35-7,36-8)26(22,39-11)40-12/h17-18H,13-16H2,1-12H3. The number of carbonyl (C=O) groups is 2. The number of rotatable bonds is 14. The first-order valence-electron chi connectivity index (χ1n) is 12.8. The predicted molar refractivity (Wildman–Crippen MR) is 138 cm³/mol. The SMILES string of the molecule is COC1CCC(OC)(C(=O)OC(=O)C2(OC)CCC(OC)C(OC)(OC)C2(OC)OC)C(OC)(OC)C1(OC)OC. The lowest BCUT2D eigenvalue weighted by Crippen LogP contribution is -2.82. The minimum absolute atomic E-state index is 0.0875. The van der Waals surface area contributed by atoms with Gasteiger partial charge in [-0.25, -0.2) is 9.59 Å². The van der Waals surface area contributed by atoms with Gasteiger partial charge in [0.2, 0.25) is 11.2 Å². The van der Waals surface area contributed by atoms with Crippen LogP contribution < -0.4 is 0 Å². The first-order valence-corrected chi connectivity index (χ1v) is 12.8. The molecule has 0 aromatic heterocycles. The van der Waals surface area contributed by atoms with Crippen LogP contribution in [0.4, 0.5) is 0 Å². The van der Waals surface area contributed by atoms with E-state index in [0.717, 1.165) is 0 Å². The summed E-state index contributed by atoms with van der Waals surface area (Å²) >= 11 is 0. The van der Waals surface area contributed by atoms with Crippen LogP contribution in [0.3, 0.4) is 0 Å². The molecule has 0 heterocycles. The van der Waals surface area contributed by atoms with Crippen molar-refractivity contribution in [3.05, 3.63) is 0 Å². The molecule has 2 aliphatic carbocycles. The fourth-order valence-electron chi connectivity index (χ4n) is 6.90. The second-order valence-corrected chi connectivity index (χ2v) is 9.47. The number of carbonyl (C=O) groups excluding carboxylic acids is 2. The number of ether oxygens (including phenoxy) is 13. The number of hydrogen-bond acceptors (Lipinski definition) is 15. The largest absolute Gasteiger partial charge is 0.388 e. The van der Waals surface area contributed by atoms with Gasteiger partial charge in [0.15, 0.2) is 0 Å². The Morgan fingerprint density at radius 3 is 0.951 bits per heavy atom. The van der Waals surface area contributed by atoms with Gasteiger partial charge in [0.05, 0.1) is 0 Å². The molecular formula is C26H46O15. The summed E-state index contributed by atoms with van der Waals surface area (Å²) in [6.45, 7) is 0. The van der Waals surface area contributed by atoms with Crippen molar-refractivity contribution in [1.29, 1.82) is 0 Å². The third-order valence-corrected chi connectivity index (χ3v) is 8.82. The quantitative estimate of drug-likeness (QED) is 0.154. The van der Waals surface area contributed by atoms with Crippen molar-refractivity contribution < 1.29 is 71.2 Å². The Hall–Kier alpha value is -1.34. The molecule has 2 rings (SSSR count). The van der Waals surface area contributed by atoms with Crippen molar-refractivity contribution in [2.45, 2.75) is 72.2 Å². The van der Waals surface area contributed by atoms with E-state index in [0.29, 0.717) is 0 Å². The van der Waals surface area contributed by atoms with Gasteiger partial charge < -0.3 is 61.6 Å². The van der Waals surface area contributed by atoms with Crippen LogP contribution >= 0.6 is 0 Å². The molecule has 0 radical (unpaired) electrons. The highest BCUT2D eigenvalue weighted by Gasteiger charge is 2.80. The number of methoxy groups -OCH3 is 12. The van der Waals surface area contributed by atoms with Crippen LogP contribution in [0.5, 0.6) is 0 Å². The first-order chi connectivity index (χ1) is 19.5. The Balaban J connectivity index is 2.74. The maximum Gasteiger partial charge on any atom is 0.352 e. The molecule has 15 heteroatoms. The Morgan fingerprint density at radius 1 is 0.463 bits per heavy atom. The molecule has 0 saturated heterocycles. The Bertz CT molecular complexity index is 810. The lowest BCUT2D eigenvalue weighted by Gasteiger charge is -2.59. The molecule has 2 fully saturated rings. The van der Waals surface area contributed by atoms with Gasteiger partial charge in [0, 0.05) is 85.3 Å². The molecule has 2 aliphatic rings. The van der Waals surface area contributed by atoms with E-state index in [2.05, 4.69) is 0 Å². The van der Waals surface area contributed by atoms with Crippen LogP contribution in [0.15, 0.2) is 0 Å². The molecule has 0 N–H and O–H groups in total. The minimum Gasteiger partial charge on any atom is -0.388 e. The Kier molecular flexibility index (Phi) is 11.8. The molecule has 240 valence electrons. The van der Waals surface area contributed by atoms with Crippen molar-refractivity contribution in [2.24, 2.45) is 0 Å². The average Bonchev–Trinajstić information content (AvgIpc) is 3.02. The molecule has 0 spiro atoms. The summed E-state index contributed by atoms with van der Waals surface area (Å²) in [4.78, 5) is 28.4. The van der Waals surface area contributed by atoms with Crippen molar-refractivity contribution in [2.75, 3.05) is 85.3 Å². The molecule has 15 nitrogen and oxygen atoms in total. The summed E-state index contributed by atoms with van der Waals surface area (Å²) in [6.07, 6.45) is -1.42. The van der Waals surface area contributed by atoms with E-state index in [1.165, 1.54) is 85.3 Å². The molecule has 41 heavy (non-hydrogen) atoms. The average molecular weight is 599 g/mol. The van der Waals surface area contributed by atoms with E-state index in [-0.39, 0.29) is 25.7 Å². The number of esters is 2. The lowest BCUT2D eigenvalue weighted by atomic mass is 9.71. The van der Waals surface area contributed by atoms with Gasteiger partial charge in [0.1, 0.15) is 12.2 Å². The molecule has 4 atom stereocenters. The van der Waals surface area contributed by atoms with Crippen LogP contribution in [-0.2, 0) is 71.2 Å². The van der Waals surface area contributed by atoms with E-state index >= 15 is 0 Å². The monoisotopic (exact) mass is 598 g/mol. The third kappa shape index (κ3) is 4.40. The van der Waals surface area contributed by atoms with Gasteiger partial charge in [-0.3, -0.25) is 0 Å². The summed E-state index contributed by atoms with van der Waals surface area (Å²) in [5.74, 6) is -10.3. The zero-order valence-electron chi connectivity index (χ0n) is 26.1. The fourth-order valence-corrected chi connectivity index (χ4v) is 6.90. The topological polar surface area (TPSA) is 154 Å². The summed E-state index contributed by atoms with van der Waals surface area (Å²) in [5.41, 5.74) is -4.23. The van der Waals surface area contributed by atoms with Gasteiger partial charge in [-0.15, -0.1) is 0 Å². The third-order valence-electron chi connectivity index (χ3n) is 8.82. The summed E-state index contributed by atoms with van der Waals surface area (Å²) in [7, 11) is 15.8. The van der Waals surface area contributed by atoms with Crippen molar-refractivity contribution in [3.63, 3.8) is 0 Å². The molecule has 2 saturated carbocycles. The smallest absolute Gasteiger partial charge is 0.352 e. The Morgan fingerprint density at radius 2 is 0.756 bits per heavy atom. The van der Waals surface area contributed by atoms with E-state index in [9.17, 15) is 9.59 Å². The van der Waals surface area contributed by atoms with Crippen molar-refractivity contribution in [1.82, 2.24) is 0 Å². The predicted octanol–water partition coefficient (Wildman–Crippen LogP) is 0.401. The molecule has 0 aromatic rings. The van der Waals surface area contributed by atoms with Gasteiger partial charge >= 0.3 is 11.9 Å². The zero-order valence-corrected chi connectivity index (χ0v) is 26.1. The highest BCUT2D eigenvalue weighted by molar-refractivity contribution is 5.96. The summed E-state index contributed by atoms with van der Waals surface area (Å²) in [6, 6.07) is 0. The summed E-state index contributed by atoms with van der Waals surface area (Å²) < 4.78 is 74.8. The Labute approximate surface area is 241 Å². The second-order valence-electron chi connectivity index (χ2n) is 9.47. The van der Waals surface area contributed by atoms with Gasteiger partial charge in [-0.05, 0) is 25.7 Å². The maximum atomic E-state index is 14.2. The molecule has 4 unspecified atom stereocenters. The fraction of sp³-hybridized carbons (Fsp3) is 0.923. The van der Waals surface area contributed by atoms with Crippen LogP contribution in [0.1, 0.15) is 25.7 Å². The van der Waals surface area contributed by atoms with E-state index in [1.54, 1.807) is 0 Å². The summed E-state index contributed by atoms with van der Waals surface area (Å²) in [5, 5.41) is 0. The van der Waals surface area contributed by atoms with E-state index < -0.39 is 58.5 Å².